The molecule has 1 aromatic carbocycles. The maximum Gasteiger partial charge on any atom is 0.129 e. The SMILES string of the molecule is CN1C=C2CCCCC2=NC1CCCCN1CCN(c2ccc3ccccc3n2)CC1. The Balaban J connectivity index is 1.05. The number of benzene rings is 1. The number of fused-ring (bicyclic) bond motifs is 2. The lowest BCUT2D eigenvalue weighted by molar-refractivity contribution is 0.243. The molecule has 1 atom stereocenters. The van der Waals surface area contributed by atoms with E-state index in [-0.39, 0.29) is 0 Å². The maximum absolute atomic E-state index is 5.08. The predicted octanol–water partition coefficient (Wildman–Crippen LogP) is 4.70. The molecule has 1 saturated heterocycles. The molecule has 0 amide bonds. The van der Waals surface area contributed by atoms with Crippen molar-refractivity contribution in [3.63, 3.8) is 0 Å². The first-order valence-electron chi connectivity index (χ1n) is 12.1. The van der Waals surface area contributed by atoms with Gasteiger partial charge in [0.25, 0.3) is 0 Å². The lowest BCUT2D eigenvalue weighted by Crippen LogP contribution is -2.47. The van der Waals surface area contributed by atoms with Crippen LogP contribution in [0.4, 0.5) is 5.82 Å². The molecule has 5 nitrogen and oxygen atoms in total. The number of anilines is 1. The van der Waals surface area contributed by atoms with Crippen LogP contribution in [0.1, 0.15) is 44.9 Å². The van der Waals surface area contributed by atoms with Gasteiger partial charge in [-0.3, -0.25) is 9.89 Å². The van der Waals surface area contributed by atoms with Gasteiger partial charge in [0.15, 0.2) is 0 Å². The fourth-order valence-electron chi connectivity index (χ4n) is 5.16. The van der Waals surface area contributed by atoms with Crippen LogP contribution in [-0.4, -0.2) is 66.4 Å². The molecule has 1 aromatic heterocycles. The molecule has 2 fully saturated rings. The van der Waals surface area contributed by atoms with Crippen LogP contribution in [0, 0.1) is 0 Å². The number of unbranched alkanes of at least 4 members (excludes halogenated alkanes) is 1. The Kier molecular flexibility index (Phi) is 6.21. The lowest BCUT2D eigenvalue weighted by atomic mass is 9.92. The zero-order chi connectivity index (χ0) is 21.0. The Morgan fingerprint density at radius 1 is 0.935 bits per heavy atom. The summed E-state index contributed by atoms with van der Waals surface area (Å²) in [6.07, 6.45) is 11.5. The predicted molar refractivity (Wildman–Crippen MR) is 130 cm³/mol. The van der Waals surface area contributed by atoms with E-state index in [1.54, 1.807) is 0 Å². The zero-order valence-corrected chi connectivity index (χ0v) is 18.8. The number of aromatic nitrogens is 1. The van der Waals surface area contributed by atoms with Crippen LogP contribution < -0.4 is 4.90 Å². The quantitative estimate of drug-likeness (QED) is 0.638. The number of hydrogen-bond acceptors (Lipinski definition) is 5. The molecule has 164 valence electrons. The first-order chi connectivity index (χ1) is 15.3. The maximum atomic E-state index is 5.08. The second-order valence-electron chi connectivity index (χ2n) is 9.27. The van der Waals surface area contributed by atoms with Crippen molar-refractivity contribution in [3.05, 3.63) is 48.2 Å². The Labute approximate surface area is 186 Å². The van der Waals surface area contributed by atoms with Gasteiger partial charge in [-0.15, -0.1) is 0 Å². The second kappa shape index (κ2) is 9.39. The number of pyridine rings is 1. The highest BCUT2D eigenvalue weighted by molar-refractivity contribution is 6.01. The standard InChI is InChI=1S/C26H35N5/c1-29-20-22-9-3-5-11-24(22)27-25(29)12-6-7-15-30-16-18-31(19-17-30)26-14-13-21-8-2-4-10-23(21)28-26/h2,4,8,10,13-14,20,25H,3,5-7,9,11-12,15-19H2,1H3. The summed E-state index contributed by atoms with van der Waals surface area (Å²) >= 11 is 0. The number of aliphatic imine (C=N–C) groups is 1. The van der Waals surface area contributed by atoms with Crippen LogP contribution in [0.15, 0.2) is 53.2 Å². The van der Waals surface area contributed by atoms with Gasteiger partial charge in [-0.25, -0.2) is 4.98 Å². The Bertz CT molecular complexity index is 957. The van der Waals surface area contributed by atoms with Gasteiger partial charge in [-0.2, -0.15) is 0 Å². The number of para-hydroxylation sites is 1. The summed E-state index contributed by atoms with van der Waals surface area (Å²) in [6, 6.07) is 12.7. The van der Waals surface area contributed by atoms with Gasteiger partial charge >= 0.3 is 0 Å². The highest BCUT2D eigenvalue weighted by Gasteiger charge is 2.23. The van der Waals surface area contributed by atoms with Crippen molar-refractivity contribution in [1.82, 2.24) is 14.8 Å². The van der Waals surface area contributed by atoms with Gasteiger partial charge in [-0.1, -0.05) is 18.2 Å². The number of nitrogens with zero attached hydrogens (tertiary/aromatic N) is 5. The number of piperazine rings is 1. The topological polar surface area (TPSA) is 35.0 Å². The van der Waals surface area contributed by atoms with Crippen molar-refractivity contribution in [2.45, 2.75) is 51.1 Å². The minimum absolute atomic E-state index is 0.354. The molecular weight excluding hydrogens is 382 g/mol. The van der Waals surface area contributed by atoms with Crippen molar-refractivity contribution in [1.29, 1.82) is 0 Å². The van der Waals surface area contributed by atoms with Gasteiger partial charge in [0, 0.05) is 50.5 Å². The van der Waals surface area contributed by atoms with Crippen molar-refractivity contribution in [2.75, 3.05) is 44.7 Å². The van der Waals surface area contributed by atoms with Crippen LogP contribution in [-0.2, 0) is 0 Å². The van der Waals surface area contributed by atoms with E-state index < -0.39 is 0 Å². The Morgan fingerprint density at radius 3 is 2.68 bits per heavy atom. The molecule has 1 aliphatic carbocycles. The molecule has 3 aliphatic rings. The first-order valence-corrected chi connectivity index (χ1v) is 12.1. The van der Waals surface area contributed by atoms with Crippen molar-refractivity contribution >= 4 is 22.4 Å². The highest BCUT2D eigenvalue weighted by Crippen LogP contribution is 2.27. The molecule has 0 radical (unpaired) electrons. The van der Waals surface area contributed by atoms with E-state index in [1.807, 2.05) is 0 Å². The van der Waals surface area contributed by atoms with Crippen LogP contribution in [0.3, 0.4) is 0 Å². The molecule has 1 unspecified atom stereocenters. The van der Waals surface area contributed by atoms with Crippen molar-refractivity contribution < 1.29 is 0 Å². The number of hydrogen-bond donors (Lipinski definition) is 0. The van der Waals surface area contributed by atoms with Crippen LogP contribution in [0.25, 0.3) is 10.9 Å². The van der Waals surface area contributed by atoms with Gasteiger partial charge in [0.1, 0.15) is 12.0 Å². The number of allylic oxidation sites excluding steroid dienone is 1. The summed E-state index contributed by atoms with van der Waals surface area (Å²) in [6.45, 7) is 5.60. The average Bonchev–Trinajstić information content (AvgIpc) is 2.82. The van der Waals surface area contributed by atoms with Crippen LogP contribution in [0.5, 0.6) is 0 Å². The second-order valence-corrected chi connectivity index (χ2v) is 9.27. The highest BCUT2D eigenvalue weighted by atomic mass is 15.3. The summed E-state index contributed by atoms with van der Waals surface area (Å²) in [7, 11) is 2.20. The third kappa shape index (κ3) is 4.77. The molecule has 1 saturated carbocycles. The van der Waals surface area contributed by atoms with E-state index in [0.29, 0.717) is 6.17 Å². The fourth-order valence-corrected chi connectivity index (χ4v) is 5.16. The molecule has 0 spiro atoms. The van der Waals surface area contributed by atoms with E-state index in [9.17, 15) is 0 Å². The van der Waals surface area contributed by atoms with Crippen molar-refractivity contribution in [2.24, 2.45) is 4.99 Å². The van der Waals surface area contributed by atoms with Crippen LogP contribution >= 0.6 is 0 Å². The fraction of sp³-hybridized carbons (Fsp3) is 0.538. The van der Waals surface area contributed by atoms with E-state index in [1.165, 1.54) is 68.2 Å². The summed E-state index contributed by atoms with van der Waals surface area (Å²) in [5.74, 6) is 1.12. The van der Waals surface area contributed by atoms with Gasteiger partial charge in [0.2, 0.25) is 0 Å². The van der Waals surface area contributed by atoms with Gasteiger partial charge in [0.05, 0.1) is 5.52 Å². The van der Waals surface area contributed by atoms with E-state index in [2.05, 4.69) is 64.3 Å². The summed E-state index contributed by atoms with van der Waals surface area (Å²) in [5.41, 5.74) is 3.98. The van der Waals surface area contributed by atoms with E-state index in [0.717, 1.165) is 37.5 Å². The third-order valence-corrected chi connectivity index (χ3v) is 7.08. The Morgan fingerprint density at radius 2 is 1.77 bits per heavy atom. The largest absolute Gasteiger partial charge is 0.359 e. The molecule has 5 rings (SSSR count). The van der Waals surface area contributed by atoms with Crippen molar-refractivity contribution in [3.8, 4) is 0 Å². The zero-order valence-electron chi connectivity index (χ0n) is 18.8. The molecule has 0 bridgehead atoms. The van der Waals surface area contributed by atoms with Gasteiger partial charge in [-0.05, 0) is 75.3 Å². The summed E-state index contributed by atoms with van der Waals surface area (Å²) in [5, 5.41) is 1.22. The molecule has 3 heterocycles. The lowest BCUT2D eigenvalue weighted by Gasteiger charge is -2.35. The summed E-state index contributed by atoms with van der Waals surface area (Å²) in [4.78, 5) is 17.4. The smallest absolute Gasteiger partial charge is 0.129 e. The van der Waals surface area contributed by atoms with E-state index >= 15 is 0 Å². The third-order valence-electron chi connectivity index (χ3n) is 7.08. The van der Waals surface area contributed by atoms with Gasteiger partial charge < -0.3 is 9.80 Å². The minimum Gasteiger partial charge on any atom is -0.359 e. The Hall–Kier alpha value is -2.40. The number of rotatable bonds is 6. The molecule has 2 aromatic rings. The minimum atomic E-state index is 0.354. The normalized spacial score (nSPS) is 22.3. The summed E-state index contributed by atoms with van der Waals surface area (Å²) < 4.78 is 0. The first kappa shape index (κ1) is 20.5. The molecule has 2 aliphatic heterocycles. The molecule has 31 heavy (non-hydrogen) atoms. The molecule has 5 heteroatoms. The average molecular weight is 418 g/mol. The monoisotopic (exact) mass is 417 g/mol. The molecule has 0 N–H and O–H groups in total. The van der Waals surface area contributed by atoms with Crippen LogP contribution in [0.2, 0.25) is 0 Å². The molecular formula is C26H35N5. The van der Waals surface area contributed by atoms with E-state index in [4.69, 9.17) is 9.98 Å².